The van der Waals surface area contributed by atoms with E-state index in [2.05, 4.69) is 10.5 Å². The zero-order valence-corrected chi connectivity index (χ0v) is 11.0. The number of benzene rings is 1. The summed E-state index contributed by atoms with van der Waals surface area (Å²) in [7, 11) is 0. The molecule has 0 fully saturated rings. The number of nitrogens with zero attached hydrogens (tertiary/aromatic N) is 2. The Bertz CT molecular complexity index is 681. The predicted octanol–water partition coefficient (Wildman–Crippen LogP) is 2.00. The number of nitrogens with one attached hydrogen (secondary N) is 1. The van der Waals surface area contributed by atoms with E-state index in [-0.39, 0.29) is 5.00 Å². The van der Waals surface area contributed by atoms with Gasteiger partial charge in [-0.25, -0.2) is 5.43 Å². The molecule has 0 spiro atoms. The van der Waals surface area contributed by atoms with Crippen LogP contribution in [0.1, 0.15) is 15.2 Å². The van der Waals surface area contributed by atoms with Gasteiger partial charge in [0.25, 0.3) is 5.91 Å². The van der Waals surface area contributed by atoms with E-state index in [1.165, 1.54) is 12.3 Å². The van der Waals surface area contributed by atoms with Crippen molar-refractivity contribution in [1.29, 1.82) is 0 Å². The number of thiophene rings is 1. The second-order valence-electron chi connectivity index (χ2n) is 3.72. The number of nitrogen functional groups attached to an aromatic ring is 1. The number of amides is 1. The minimum absolute atomic E-state index is 0.0186. The Labute approximate surface area is 117 Å². The molecule has 1 amide bonds. The minimum atomic E-state index is -0.481. The van der Waals surface area contributed by atoms with Crippen molar-refractivity contribution in [2.45, 2.75) is 0 Å². The maximum atomic E-state index is 11.8. The van der Waals surface area contributed by atoms with E-state index in [1.54, 1.807) is 30.3 Å². The SMILES string of the molecule is Nc1ccccc1C(=O)NN=Cc1ccc([N+](=O)[O-])s1. The number of nitro groups is 1. The first kappa shape index (κ1) is 13.7. The number of nitrogens with two attached hydrogens (primary N) is 1. The summed E-state index contributed by atoms with van der Waals surface area (Å²) in [6, 6.07) is 9.54. The molecular weight excluding hydrogens is 280 g/mol. The second-order valence-corrected chi connectivity index (χ2v) is 4.81. The minimum Gasteiger partial charge on any atom is -0.398 e. The maximum Gasteiger partial charge on any atom is 0.324 e. The summed E-state index contributed by atoms with van der Waals surface area (Å²) in [4.78, 5) is 22.4. The van der Waals surface area contributed by atoms with E-state index < -0.39 is 10.8 Å². The van der Waals surface area contributed by atoms with Gasteiger partial charge in [0, 0.05) is 11.8 Å². The summed E-state index contributed by atoms with van der Waals surface area (Å²) >= 11 is 0.967. The summed E-state index contributed by atoms with van der Waals surface area (Å²) < 4.78 is 0. The van der Waals surface area contributed by atoms with Crippen LogP contribution in [0.5, 0.6) is 0 Å². The van der Waals surface area contributed by atoms with Crippen LogP contribution >= 0.6 is 11.3 Å². The average Bonchev–Trinajstić information content (AvgIpc) is 2.88. The number of para-hydroxylation sites is 1. The Hall–Kier alpha value is -2.74. The molecule has 1 heterocycles. The molecule has 20 heavy (non-hydrogen) atoms. The number of anilines is 1. The molecule has 0 bridgehead atoms. The number of rotatable bonds is 4. The standard InChI is InChI=1S/C12H10N4O3S/c13-10-4-2-1-3-9(10)12(17)15-14-7-8-5-6-11(20-8)16(18)19/h1-7H,13H2,(H,15,17). The summed E-state index contributed by atoms with van der Waals surface area (Å²) in [5.41, 5.74) is 8.64. The van der Waals surface area contributed by atoms with Crippen molar-refractivity contribution in [3.8, 4) is 0 Å². The van der Waals surface area contributed by atoms with Crippen molar-refractivity contribution in [1.82, 2.24) is 5.43 Å². The van der Waals surface area contributed by atoms with E-state index in [9.17, 15) is 14.9 Å². The highest BCUT2D eigenvalue weighted by Gasteiger charge is 2.09. The van der Waals surface area contributed by atoms with E-state index >= 15 is 0 Å². The Morgan fingerprint density at radius 2 is 2.10 bits per heavy atom. The fourth-order valence-electron chi connectivity index (χ4n) is 1.43. The van der Waals surface area contributed by atoms with E-state index in [1.807, 2.05) is 0 Å². The lowest BCUT2D eigenvalue weighted by molar-refractivity contribution is -0.380. The zero-order chi connectivity index (χ0) is 14.5. The van der Waals surface area contributed by atoms with Gasteiger partial charge in [0.1, 0.15) is 0 Å². The van der Waals surface area contributed by atoms with Gasteiger partial charge in [-0.05, 0) is 18.2 Å². The van der Waals surface area contributed by atoms with Crippen LogP contribution in [0.2, 0.25) is 0 Å². The Kier molecular flexibility index (Phi) is 4.06. The number of hydrogen-bond acceptors (Lipinski definition) is 6. The van der Waals surface area contributed by atoms with Gasteiger partial charge in [0.15, 0.2) is 0 Å². The molecular formula is C12H10N4O3S. The average molecular weight is 290 g/mol. The van der Waals surface area contributed by atoms with Crippen LogP contribution in [-0.2, 0) is 0 Å². The topological polar surface area (TPSA) is 111 Å². The van der Waals surface area contributed by atoms with Crippen LogP contribution in [0.25, 0.3) is 0 Å². The highest BCUT2D eigenvalue weighted by atomic mass is 32.1. The van der Waals surface area contributed by atoms with Crippen LogP contribution in [0.3, 0.4) is 0 Å². The first-order valence-corrected chi connectivity index (χ1v) is 6.31. The molecule has 0 atom stereocenters. The van der Waals surface area contributed by atoms with Gasteiger partial charge in [-0.15, -0.1) is 0 Å². The quantitative estimate of drug-likeness (QED) is 0.388. The fraction of sp³-hybridized carbons (Fsp3) is 0. The van der Waals surface area contributed by atoms with E-state index in [0.717, 1.165) is 11.3 Å². The van der Waals surface area contributed by atoms with Crippen molar-refractivity contribution in [2.75, 3.05) is 5.73 Å². The summed E-state index contributed by atoms with van der Waals surface area (Å²) in [6.07, 6.45) is 1.34. The number of hydrogen-bond donors (Lipinski definition) is 2. The highest BCUT2D eigenvalue weighted by molar-refractivity contribution is 7.16. The number of carbonyl (C=O) groups is 1. The lowest BCUT2D eigenvalue weighted by atomic mass is 10.2. The molecule has 0 unspecified atom stereocenters. The van der Waals surface area contributed by atoms with E-state index in [4.69, 9.17) is 5.73 Å². The smallest absolute Gasteiger partial charge is 0.324 e. The molecule has 2 rings (SSSR count). The molecule has 1 aromatic carbocycles. The summed E-state index contributed by atoms with van der Waals surface area (Å²) in [5, 5.41) is 14.3. The van der Waals surface area contributed by atoms with E-state index in [0.29, 0.717) is 16.1 Å². The van der Waals surface area contributed by atoms with Crippen LogP contribution in [0, 0.1) is 10.1 Å². The normalized spacial score (nSPS) is 10.6. The molecule has 2 aromatic rings. The predicted molar refractivity (Wildman–Crippen MR) is 76.9 cm³/mol. The van der Waals surface area contributed by atoms with Crippen LogP contribution in [-0.4, -0.2) is 17.0 Å². The molecule has 7 nitrogen and oxygen atoms in total. The van der Waals surface area contributed by atoms with Gasteiger partial charge < -0.3 is 5.73 Å². The van der Waals surface area contributed by atoms with Crippen molar-refractivity contribution >= 4 is 34.1 Å². The highest BCUT2D eigenvalue weighted by Crippen LogP contribution is 2.22. The number of hydrazone groups is 1. The summed E-state index contributed by atoms with van der Waals surface area (Å²) in [5.74, 6) is -0.439. The van der Waals surface area contributed by atoms with Crippen molar-refractivity contribution in [3.05, 3.63) is 57.0 Å². The van der Waals surface area contributed by atoms with Gasteiger partial charge in [-0.1, -0.05) is 23.5 Å². The first-order chi connectivity index (χ1) is 9.58. The molecule has 0 aliphatic heterocycles. The van der Waals surface area contributed by atoms with Gasteiger partial charge in [0.2, 0.25) is 0 Å². The maximum absolute atomic E-state index is 11.8. The molecule has 0 aliphatic rings. The number of carbonyl (C=O) groups excluding carboxylic acids is 1. The fourth-order valence-corrected chi connectivity index (χ4v) is 2.12. The Morgan fingerprint density at radius 1 is 1.35 bits per heavy atom. The molecule has 8 heteroatoms. The van der Waals surface area contributed by atoms with Crippen molar-refractivity contribution < 1.29 is 9.72 Å². The molecule has 1 aromatic heterocycles. The van der Waals surface area contributed by atoms with Gasteiger partial charge in [-0.3, -0.25) is 14.9 Å². The molecule has 0 saturated heterocycles. The van der Waals surface area contributed by atoms with Gasteiger partial charge >= 0.3 is 5.00 Å². The third kappa shape index (κ3) is 3.18. The Morgan fingerprint density at radius 3 is 2.75 bits per heavy atom. The second kappa shape index (κ2) is 5.93. The first-order valence-electron chi connectivity index (χ1n) is 5.50. The lowest BCUT2D eigenvalue weighted by Crippen LogP contribution is -2.18. The molecule has 0 aliphatic carbocycles. The monoisotopic (exact) mass is 290 g/mol. The molecule has 3 N–H and O–H groups in total. The van der Waals surface area contributed by atoms with Crippen molar-refractivity contribution in [2.24, 2.45) is 5.10 Å². The molecule has 102 valence electrons. The third-order valence-electron chi connectivity index (χ3n) is 2.36. The summed E-state index contributed by atoms with van der Waals surface area (Å²) in [6.45, 7) is 0. The van der Waals surface area contributed by atoms with Crippen LogP contribution < -0.4 is 11.2 Å². The van der Waals surface area contributed by atoms with Gasteiger partial charge in [-0.2, -0.15) is 5.10 Å². The molecule has 0 radical (unpaired) electrons. The van der Waals surface area contributed by atoms with Crippen LogP contribution in [0.4, 0.5) is 10.7 Å². The largest absolute Gasteiger partial charge is 0.398 e. The van der Waals surface area contributed by atoms with Gasteiger partial charge in [0.05, 0.1) is 21.6 Å². The third-order valence-corrected chi connectivity index (χ3v) is 3.33. The molecule has 0 saturated carbocycles. The Balaban J connectivity index is 2.01. The lowest BCUT2D eigenvalue weighted by Gasteiger charge is -2.02. The van der Waals surface area contributed by atoms with Crippen LogP contribution in [0.15, 0.2) is 41.5 Å². The van der Waals surface area contributed by atoms with Crippen molar-refractivity contribution in [3.63, 3.8) is 0 Å². The zero-order valence-electron chi connectivity index (χ0n) is 10.1.